The minimum Gasteiger partial charge on any atom is -0.376 e. The van der Waals surface area contributed by atoms with E-state index in [1.165, 1.54) is 5.56 Å². The molecule has 152 valence electrons. The maximum absolute atomic E-state index is 12.9. The highest BCUT2D eigenvalue weighted by molar-refractivity contribution is 5.74. The Morgan fingerprint density at radius 3 is 2.93 bits per heavy atom. The van der Waals surface area contributed by atoms with Gasteiger partial charge in [-0.05, 0) is 44.7 Å². The van der Waals surface area contributed by atoms with Gasteiger partial charge in [0.2, 0.25) is 0 Å². The van der Waals surface area contributed by atoms with Crippen LogP contribution in [0.25, 0.3) is 0 Å². The lowest BCUT2D eigenvalue weighted by Crippen LogP contribution is -2.44. The number of amides is 2. The van der Waals surface area contributed by atoms with E-state index in [2.05, 4.69) is 48.4 Å². The molecule has 1 N–H and O–H groups in total. The van der Waals surface area contributed by atoms with E-state index in [-0.39, 0.29) is 12.1 Å². The number of ether oxygens (including phenoxy) is 1. The SMILES string of the molecule is Cc1ccccc1CN(C[C@H]1CCCO1)C(=O)NCCc1nncn1C(C)C. The predicted molar refractivity (Wildman–Crippen MR) is 108 cm³/mol. The number of hydrogen-bond acceptors (Lipinski definition) is 4. The van der Waals surface area contributed by atoms with Crippen molar-refractivity contribution < 1.29 is 9.53 Å². The van der Waals surface area contributed by atoms with Crippen molar-refractivity contribution in [1.29, 1.82) is 0 Å². The highest BCUT2D eigenvalue weighted by atomic mass is 16.5. The van der Waals surface area contributed by atoms with Gasteiger partial charge in [0, 0.05) is 38.7 Å². The lowest BCUT2D eigenvalue weighted by molar-refractivity contribution is 0.0794. The second-order valence-electron chi connectivity index (χ2n) is 7.67. The quantitative estimate of drug-likeness (QED) is 0.758. The molecule has 1 aromatic carbocycles. The number of carbonyl (C=O) groups is 1. The van der Waals surface area contributed by atoms with E-state index in [1.807, 2.05) is 21.6 Å². The molecule has 1 atom stereocenters. The summed E-state index contributed by atoms with van der Waals surface area (Å²) in [5, 5.41) is 11.2. The molecule has 1 aliphatic heterocycles. The maximum atomic E-state index is 12.9. The molecule has 3 rings (SSSR count). The molecule has 0 saturated carbocycles. The molecule has 0 aliphatic carbocycles. The molecule has 1 aromatic heterocycles. The van der Waals surface area contributed by atoms with Crippen LogP contribution in [-0.4, -0.2) is 51.5 Å². The van der Waals surface area contributed by atoms with Gasteiger partial charge in [-0.15, -0.1) is 10.2 Å². The molecule has 1 aliphatic rings. The molecule has 28 heavy (non-hydrogen) atoms. The Morgan fingerprint density at radius 1 is 1.39 bits per heavy atom. The van der Waals surface area contributed by atoms with E-state index in [1.54, 1.807) is 6.33 Å². The summed E-state index contributed by atoms with van der Waals surface area (Å²) in [5.74, 6) is 0.889. The number of nitrogens with one attached hydrogen (secondary N) is 1. The highest BCUT2D eigenvalue weighted by Gasteiger charge is 2.23. The molecule has 1 saturated heterocycles. The Kier molecular flexibility index (Phi) is 7.03. The van der Waals surface area contributed by atoms with Crippen molar-refractivity contribution in [2.75, 3.05) is 19.7 Å². The first-order valence-corrected chi connectivity index (χ1v) is 10.1. The second-order valence-corrected chi connectivity index (χ2v) is 7.67. The van der Waals surface area contributed by atoms with Gasteiger partial charge in [-0.1, -0.05) is 24.3 Å². The zero-order valence-corrected chi connectivity index (χ0v) is 17.1. The molecule has 0 bridgehead atoms. The number of aromatic nitrogens is 3. The van der Waals surface area contributed by atoms with E-state index in [0.29, 0.717) is 32.1 Å². The summed E-state index contributed by atoms with van der Waals surface area (Å²) in [6.07, 6.45) is 4.59. The van der Waals surface area contributed by atoms with Crippen molar-refractivity contribution in [3.63, 3.8) is 0 Å². The van der Waals surface area contributed by atoms with Gasteiger partial charge in [-0.2, -0.15) is 0 Å². The molecule has 0 spiro atoms. The van der Waals surface area contributed by atoms with Crippen molar-refractivity contribution in [2.24, 2.45) is 0 Å². The zero-order valence-electron chi connectivity index (χ0n) is 17.1. The minimum absolute atomic E-state index is 0.0608. The molecule has 0 radical (unpaired) electrons. The number of aryl methyl sites for hydroxylation is 1. The first-order valence-electron chi connectivity index (χ1n) is 10.1. The third-order valence-electron chi connectivity index (χ3n) is 5.19. The van der Waals surface area contributed by atoms with Crippen LogP contribution in [0.4, 0.5) is 4.79 Å². The van der Waals surface area contributed by atoms with Gasteiger partial charge in [-0.3, -0.25) is 0 Å². The Labute approximate surface area is 167 Å². The topological polar surface area (TPSA) is 72.3 Å². The minimum atomic E-state index is -0.0608. The monoisotopic (exact) mass is 385 g/mol. The average molecular weight is 386 g/mol. The van der Waals surface area contributed by atoms with Crippen LogP contribution in [0.1, 0.15) is 49.7 Å². The van der Waals surface area contributed by atoms with Crippen LogP contribution in [0.3, 0.4) is 0 Å². The molecule has 2 heterocycles. The van der Waals surface area contributed by atoms with Crippen LogP contribution < -0.4 is 5.32 Å². The van der Waals surface area contributed by atoms with Crippen molar-refractivity contribution in [1.82, 2.24) is 25.0 Å². The van der Waals surface area contributed by atoms with Gasteiger partial charge in [-0.25, -0.2) is 4.79 Å². The summed E-state index contributed by atoms with van der Waals surface area (Å²) in [7, 11) is 0. The van der Waals surface area contributed by atoms with Gasteiger partial charge < -0.3 is 19.5 Å². The van der Waals surface area contributed by atoms with Crippen LogP contribution in [0.5, 0.6) is 0 Å². The van der Waals surface area contributed by atoms with E-state index < -0.39 is 0 Å². The number of hydrogen-bond donors (Lipinski definition) is 1. The lowest BCUT2D eigenvalue weighted by Gasteiger charge is -2.26. The zero-order chi connectivity index (χ0) is 19.9. The van der Waals surface area contributed by atoms with Gasteiger partial charge in [0.1, 0.15) is 12.2 Å². The fourth-order valence-corrected chi connectivity index (χ4v) is 3.52. The van der Waals surface area contributed by atoms with E-state index >= 15 is 0 Å². The van der Waals surface area contributed by atoms with Gasteiger partial charge in [0.05, 0.1) is 6.10 Å². The van der Waals surface area contributed by atoms with Gasteiger partial charge >= 0.3 is 6.03 Å². The number of rotatable bonds is 8. The highest BCUT2D eigenvalue weighted by Crippen LogP contribution is 2.17. The van der Waals surface area contributed by atoms with E-state index in [0.717, 1.165) is 30.8 Å². The molecule has 1 fully saturated rings. The van der Waals surface area contributed by atoms with Crippen molar-refractivity contribution in [3.8, 4) is 0 Å². The molecule has 2 aromatic rings. The van der Waals surface area contributed by atoms with Crippen molar-refractivity contribution in [3.05, 3.63) is 47.5 Å². The molecule has 7 heteroatoms. The average Bonchev–Trinajstić information content (AvgIpc) is 3.34. The first kappa shape index (κ1) is 20.3. The van der Waals surface area contributed by atoms with Gasteiger partial charge in [0.25, 0.3) is 0 Å². The summed E-state index contributed by atoms with van der Waals surface area (Å²) in [4.78, 5) is 14.8. The van der Waals surface area contributed by atoms with Crippen LogP contribution in [-0.2, 0) is 17.7 Å². The van der Waals surface area contributed by atoms with Crippen LogP contribution in [0.15, 0.2) is 30.6 Å². The molecule has 0 unspecified atom stereocenters. The normalized spacial score (nSPS) is 16.5. The van der Waals surface area contributed by atoms with Crippen LogP contribution >= 0.6 is 0 Å². The predicted octanol–water partition coefficient (Wildman–Crippen LogP) is 3.10. The summed E-state index contributed by atoms with van der Waals surface area (Å²) in [5.41, 5.74) is 2.35. The molecule has 7 nitrogen and oxygen atoms in total. The van der Waals surface area contributed by atoms with Crippen LogP contribution in [0, 0.1) is 6.92 Å². The summed E-state index contributed by atoms with van der Waals surface area (Å²) in [6, 6.07) is 8.44. The number of benzene rings is 1. The largest absolute Gasteiger partial charge is 0.376 e. The van der Waals surface area contributed by atoms with Gasteiger partial charge in [0.15, 0.2) is 0 Å². The van der Waals surface area contributed by atoms with Crippen molar-refractivity contribution in [2.45, 2.75) is 58.7 Å². The van der Waals surface area contributed by atoms with Crippen LogP contribution in [0.2, 0.25) is 0 Å². The Balaban J connectivity index is 1.60. The third kappa shape index (κ3) is 5.32. The lowest BCUT2D eigenvalue weighted by atomic mass is 10.1. The Hall–Kier alpha value is -2.41. The fraction of sp³-hybridized carbons (Fsp3) is 0.571. The number of carbonyl (C=O) groups excluding carboxylic acids is 1. The Morgan fingerprint density at radius 2 is 2.21 bits per heavy atom. The Bertz CT molecular complexity index is 768. The summed E-state index contributed by atoms with van der Waals surface area (Å²) < 4.78 is 7.80. The molecular weight excluding hydrogens is 354 g/mol. The standard InChI is InChI=1S/C21H31N5O2/c1-16(2)26-15-23-24-20(26)10-11-22-21(27)25(14-19-9-6-12-28-19)13-18-8-5-4-7-17(18)3/h4-5,7-8,15-16,19H,6,9-14H2,1-3H3,(H,22,27)/t19-/m1/s1. The molecule has 2 amide bonds. The smallest absolute Gasteiger partial charge is 0.317 e. The van der Waals surface area contributed by atoms with Crippen molar-refractivity contribution >= 4 is 6.03 Å². The summed E-state index contributed by atoms with van der Waals surface area (Å²) >= 11 is 0. The first-order chi connectivity index (χ1) is 13.5. The second kappa shape index (κ2) is 9.68. The maximum Gasteiger partial charge on any atom is 0.317 e. The molecular formula is C21H31N5O2. The fourth-order valence-electron chi connectivity index (χ4n) is 3.52. The van der Waals surface area contributed by atoms with E-state index in [4.69, 9.17) is 4.74 Å². The summed E-state index contributed by atoms with van der Waals surface area (Å²) in [6.45, 7) is 8.78. The number of nitrogens with zero attached hydrogens (tertiary/aromatic N) is 4. The van der Waals surface area contributed by atoms with E-state index in [9.17, 15) is 4.79 Å². The number of urea groups is 1. The third-order valence-corrected chi connectivity index (χ3v) is 5.19.